The normalized spacial score (nSPS) is 33.7. The second-order valence-electron chi connectivity index (χ2n) is 20.7. The Morgan fingerprint density at radius 1 is 0.931 bits per heavy atom. The van der Waals surface area contributed by atoms with Gasteiger partial charge in [0.05, 0.1) is 23.5 Å². The lowest BCUT2D eigenvalue weighted by molar-refractivity contribution is -0.147. The molecule has 2 N–H and O–H groups in total. The lowest BCUT2D eigenvalue weighted by Gasteiger charge is -2.40. The van der Waals surface area contributed by atoms with E-state index in [4.69, 9.17) is 8.22 Å². The number of likely N-dealkylation sites (tertiary alicyclic amines) is 2. The molecule has 3 amide bonds. The summed E-state index contributed by atoms with van der Waals surface area (Å²) < 4.78 is 73.3. The largest absolute Gasteiger partial charge is 0.345 e. The third-order valence-electron chi connectivity index (χ3n) is 16.3. The molecule has 2 spiro atoms. The quantitative estimate of drug-likeness (QED) is 0.196. The number of nitrogens with one attached hydrogen (secondary N) is 2. The highest BCUT2D eigenvalue weighted by molar-refractivity contribution is 7.87. The predicted octanol–water partition coefficient (Wildman–Crippen LogP) is 5.81. The zero-order valence-corrected chi connectivity index (χ0v) is 36.8. The zero-order chi connectivity index (χ0) is 47.8. The number of carbonyl (C=O) groups is 5. The van der Waals surface area contributed by atoms with Gasteiger partial charge in [0.1, 0.15) is 0 Å². The van der Waals surface area contributed by atoms with Gasteiger partial charge in [0.2, 0.25) is 17.7 Å². The Balaban J connectivity index is 1.29. The van der Waals surface area contributed by atoms with Crippen molar-refractivity contribution in [2.75, 3.05) is 27.0 Å². The minimum absolute atomic E-state index is 0.00442. The number of carbonyl (C=O) groups excluding carboxylic acids is 5. The van der Waals surface area contributed by atoms with Crippen LogP contribution in [0.4, 0.5) is 0 Å². The SMILES string of the molecule is [2H]C([2H])([2H])N(C([2H])([2H])[2H])S(=O)(=O)NC(=O)[C@@]1(CC(=O)[C@@H]2C[C@@]3(CN2C(=O)[C@@H](CC(=O)[C@@H](NC(=O)[C@@H]2CCCCN2C(C)C)C2CCCCC2)C(C)(C)C)C(C)(C)C32CCC2)C[C@H]1C=C. The molecule has 4 saturated carbocycles. The Kier molecular flexibility index (Phi) is 10.2. The van der Waals surface area contributed by atoms with E-state index >= 15 is 4.79 Å². The summed E-state index contributed by atoms with van der Waals surface area (Å²) in [5.41, 5.74) is -3.17. The fourth-order valence-electron chi connectivity index (χ4n) is 12.3. The van der Waals surface area contributed by atoms with Gasteiger partial charge in [-0.05, 0) is 99.8 Å². The van der Waals surface area contributed by atoms with E-state index in [2.05, 4.69) is 44.5 Å². The van der Waals surface area contributed by atoms with Crippen LogP contribution in [-0.4, -0.2) is 103 Å². The molecule has 58 heavy (non-hydrogen) atoms. The van der Waals surface area contributed by atoms with Gasteiger partial charge in [-0.15, -0.1) is 6.58 Å². The van der Waals surface area contributed by atoms with Crippen LogP contribution in [0.3, 0.4) is 0 Å². The van der Waals surface area contributed by atoms with Crippen LogP contribution in [0.25, 0.3) is 0 Å². The lowest BCUT2D eigenvalue weighted by atomic mass is 9.73. The molecule has 0 aromatic carbocycles. The summed E-state index contributed by atoms with van der Waals surface area (Å²) in [5.74, 6) is -4.05. The van der Waals surface area contributed by atoms with E-state index in [0.29, 0.717) is 12.8 Å². The van der Waals surface area contributed by atoms with Gasteiger partial charge in [-0.1, -0.05) is 72.8 Å². The van der Waals surface area contributed by atoms with Crippen molar-refractivity contribution in [3.8, 4) is 0 Å². The number of hydrogen-bond donors (Lipinski definition) is 2. The fraction of sp³-hybridized carbons (Fsp3) is 0.844. The number of nitrogens with zero attached hydrogens (tertiary/aromatic N) is 3. The third-order valence-corrected chi connectivity index (χ3v) is 17.2. The number of fused-ring (bicyclic) bond motifs is 1. The Labute approximate surface area is 357 Å². The van der Waals surface area contributed by atoms with Gasteiger partial charge >= 0.3 is 10.2 Å². The van der Waals surface area contributed by atoms with E-state index in [-0.39, 0.29) is 65.8 Å². The average molecular weight is 834 g/mol. The molecular weight excluding hydrogens is 755 g/mol. The van der Waals surface area contributed by atoms with Gasteiger partial charge in [0.15, 0.2) is 11.6 Å². The van der Waals surface area contributed by atoms with Gasteiger partial charge in [0, 0.05) is 58.9 Å². The molecule has 6 rings (SSSR count). The molecule has 4 aliphatic carbocycles. The second-order valence-corrected chi connectivity index (χ2v) is 22.2. The van der Waals surface area contributed by atoms with Crippen LogP contribution in [0.1, 0.15) is 153 Å². The van der Waals surface area contributed by atoms with E-state index in [1.54, 1.807) is 9.62 Å². The van der Waals surface area contributed by atoms with Crippen LogP contribution in [0.15, 0.2) is 12.7 Å². The van der Waals surface area contributed by atoms with Crippen molar-refractivity contribution in [1.29, 1.82) is 0 Å². The standard InChI is InChI=1S/C45H73N5O7S/c1-11-31-25-43(31,40(55)47-58(56,57)48(9)10)27-36(52)34-26-45(42(7,8)44(45)21-17-22-44)28-50(34)39(54)32(41(4,5)6)24-35(51)37(30-18-13-12-14-19-30)46-38(53)33-20-15-16-23-49(33)29(2)3/h11,29-34,37H,1,12-28H2,2-10H3,(H,46,53)(H,47,55)/t31-,32-,33+,34+,37+,43-,45-/m1/s1/i9D3,10D3. The molecule has 7 atom stereocenters. The van der Waals surface area contributed by atoms with Crippen molar-refractivity contribution in [2.24, 2.45) is 44.8 Å². The van der Waals surface area contributed by atoms with E-state index in [1.165, 1.54) is 6.08 Å². The number of ketones is 2. The van der Waals surface area contributed by atoms with E-state index < -0.39 is 86.7 Å². The number of allylic oxidation sites excluding steroid dienone is 1. The van der Waals surface area contributed by atoms with Crippen molar-refractivity contribution >= 4 is 39.5 Å². The minimum Gasteiger partial charge on any atom is -0.345 e. The van der Waals surface area contributed by atoms with E-state index in [1.807, 2.05) is 20.8 Å². The highest BCUT2D eigenvalue weighted by atomic mass is 32.2. The summed E-state index contributed by atoms with van der Waals surface area (Å²) in [6.07, 6.45) is 11.1. The fourth-order valence-corrected chi connectivity index (χ4v) is 12.9. The molecule has 0 bridgehead atoms. The molecule has 6 aliphatic rings. The molecule has 0 aromatic heterocycles. The van der Waals surface area contributed by atoms with E-state index in [9.17, 15) is 27.6 Å². The number of piperidine rings is 1. The molecule has 13 heteroatoms. The summed E-state index contributed by atoms with van der Waals surface area (Å²) in [7, 11) is -5.46. The van der Waals surface area contributed by atoms with Crippen molar-refractivity contribution in [3.05, 3.63) is 12.7 Å². The smallest absolute Gasteiger partial charge is 0.303 e. The van der Waals surface area contributed by atoms with Crippen molar-refractivity contribution in [1.82, 2.24) is 24.1 Å². The van der Waals surface area contributed by atoms with Gasteiger partial charge in [-0.3, -0.25) is 28.9 Å². The maximum absolute atomic E-state index is 15.4. The van der Waals surface area contributed by atoms with Crippen LogP contribution in [0, 0.1) is 44.8 Å². The Morgan fingerprint density at radius 2 is 1.59 bits per heavy atom. The lowest BCUT2D eigenvalue weighted by Crippen LogP contribution is -2.57. The first-order chi connectivity index (χ1) is 29.4. The Hall–Kier alpha value is -2.64. The summed E-state index contributed by atoms with van der Waals surface area (Å²) in [5, 5.41) is 3.22. The highest BCUT2D eigenvalue weighted by Gasteiger charge is 2.85. The van der Waals surface area contributed by atoms with Crippen LogP contribution in [0.2, 0.25) is 0 Å². The van der Waals surface area contributed by atoms with Crippen molar-refractivity contribution < 1.29 is 40.6 Å². The van der Waals surface area contributed by atoms with Gasteiger partial charge < -0.3 is 10.2 Å². The molecular formula is C45H73N5O7S. The first-order valence-electron chi connectivity index (χ1n) is 24.8. The Bertz CT molecular complexity index is 1960. The Morgan fingerprint density at radius 3 is 2.12 bits per heavy atom. The van der Waals surface area contributed by atoms with Crippen LogP contribution >= 0.6 is 0 Å². The number of rotatable bonds is 15. The summed E-state index contributed by atoms with van der Waals surface area (Å²) in [6.45, 7) is 11.7. The molecule has 2 heterocycles. The summed E-state index contributed by atoms with van der Waals surface area (Å²) in [6, 6.07) is -1.97. The monoisotopic (exact) mass is 834 g/mol. The predicted molar refractivity (Wildman–Crippen MR) is 224 cm³/mol. The van der Waals surface area contributed by atoms with Crippen LogP contribution in [0.5, 0.6) is 0 Å². The number of Topliss-reactive ketones (excluding diaryl/α,β-unsaturated/α-hetero) is 2. The van der Waals surface area contributed by atoms with Crippen molar-refractivity contribution in [3.63, 3.8) is 0 Å². The highest BCUT2D eigenvalue weighted by Crippen LogP contribution is 2.88. The first-order valence-corrected chi connectivity index (χ1v) is 23.3. The molecule has 12 nitrogen and oxygen atoms in total. The van der Waals surface area contributed by atoms with Crippen LogP contribution in [-0.2, 0) is 34.2 Å². The number of hydrogen-bond acceptors (Lipinski definition) is 8. The van der Waals surface area contributed by atoms with Crippen molar-refractivity contribution in [2.45, 2.75) is 169 Å². The van der Waals surface area contributed by atoms with Crippen LogP contribution < -0.4 is 10.0 Å². The molecule has 2 saturated heterocycles. The molecule has 0 unspecified atom stereocenters. The average Bonchev–Trinajstić information content (AvgIpc) is 3.88. The molecule has 2 aliphatic heterocycles. The van der Waals surface area contributed by atoms with E-state index in [0.717, 1.165) is 70.8 Å². The minimum atomic E-state index is -5.46. The second kappa shape index (κ2) is 16.0. The molecule has 6 fully saturated rings. The molecule has 0 radical (unpaired) electrons. The zero-order valence-electron chi connectivity index (χ0n) is 42.0. The molecule has 0 aromatic rings. The third kappa shape index (κ3) is 7.64. The summed E-state index contributed by atoms with van der Waals surface area (Å²) in [4.78, 5) is 77.1. The van der Waals surface area contributed by atoms with Gasteiger partial charge in [-0.25, -0.2) is 4.72 Å². The maximum Gasteiger partial charge on any atom is 0.303 e. The number of amides is 3. The first kappa shape index (κ1) is 37.1. The van der Waals surface area contributed by atoms with Gasteiger partial charge in [0.25, 0.3) is 0 Å². The topological polar surface area (TPSA) is 153 Å². The molecule has 326 valence electrons. The van der Waals surface area contributed by atoms with Gasteiger partial charge in [-0.2, -0.15) is 12.7 Å². The summed E-state index contributed by atoms with van der Waals surface area (Å²) >= 11 is 0. The maximum atomic E-state index is 15.4.